The van der Waals surface area contributed by atoms with Crippen LogP contribution in [0.15, 0.2) is 42.7 Å². The Morgan fingerprint density at radius 1 is 1.10 bits per heavy atom. The number of fused-ring (bicyclic) bond motifs is 1. The molecular formula is C17H21N4+. The number of pyridine rings is 1. The molecule has 0 amide bonds. The van der Waals surface area contributed by atoms with E-state index in [0.717, 1.165) is 29.9 Å². The molecule has 21 heavy (non-hydrogen) atoms. The maximum atomic E-state index is 4.17. The molecule has 0 saturated carbocycles. The summed E-state index contributed by atoms with van der Waals surface area (Å²) in [5.74, 6) is 1.10. The average Bonchev–Trinajstić information content (AvgIpc) is 2.87. The second-order valence-corrected chi connectivity index (χ2v) is 5.14. The predicted octanol–water partition coefficient (Wildman–Crippen LogP) is 2.90. The number of benzene rings is 1. The van der Waals surface area contributed by atoms with Crippen LogP contribution in [0.5, 0.6) is 0 Å². The van der Waals surface area contributed by atoms with Crippen molar-refractivity contribution in [2.45, 2.75) is 13.8 Å². The van der Waals surface area contributed by atoms with Gasteiger partial charge in [0.05, 0.1) is 18.8 Å². The molecule has 0 atom stereocenters. The molecule has 0 radical (unpaired) electrons. The van der Waals surface area contributed by atoms with E-state index in [2.05, 4.69) is 64.6 Å². The molecule has 0 fully saturated rings. The fraction of sp³-hybridized carbons (Fsp3) is 0.294. The highest BCUT2D eigenvalue weighted by Crippen LogP contribution is 2.21. The number of hydrogen-bond donors (Lipinski definition) is 1. The van der Waals surface area contributed by atoms with Crippen LogP contribution in [0.4, 0.5) is 5.69 Å². The van der Waals surface area contributed by atoms with Gasteiger partial charge in [-0.05, 0) is 38.1 Å². The van der Waals surface area contributed by atoms with Gasteiger partial charge in [-0.15, -0.1) is 0 Å². The van der Waals surface area contributed by atoms with E-state index in [-0.39, 0.29) is 0 Å². The minimum Gasteiger partial charge on any atom is -0.372 e. The molecule has 0 aliphatic carbocycles. The third-order valence-electron chi connectivity index (χ3n) is 4.02. The first-order valence-electron chi connectivity index (χ1n) is 7.41. The molecule has 4 nitrogen and oxygen atoms in total. The van der Waals surface area contributed by atoms with E-state index in [1.807, 2.05) is 18.5 Å². The predicted molar refractivity (Wildman–Crippen MR) is 86.3 cm³/mol. The standard InChI is InChI=1S/C17H20N4/c1-4-21(5-2)14-8-6-13(7-9-14)17-19-15-12-18-11-10-16(15)20(17)3/h6-12H,4-5H2,1-3H3/p+1. The van der Waals surface area contributed by atoms with Crippen molar-refractivity contribution in [1.82, 2.24) is 9.97 Å². The van der Waals surface area contributed by atoms with Gasteiger partial charge in [0.15, 0.2) is 11.0 Å². The molecule has 4 heteroatoms. The summed E-state index contributed by atoms with van der Waals surface area (Å²) in [6.07, 6.45) is 3.69. The Morgan fingerprint density at radius 3 is 2.43 bits per heavy atom. The second-order valence-electron chi connectivity index (χ2n) is 5.14. The quantitative estimate of drug-likeness (QED) is 0.746. The molecule has 0 aliphatic rings. The van der Waals surface area contributed by atoms with Gasteiger partial charge in [0, 0.05) is 31.0 Å². The summed E-state index contributed by atoms with van der Waals surface area (Å²) in [5.41, 5.74) is 4.67. The number of H-pyrrole nitrogens is 1. The molecule has 0 saturated heterocycles. The third-order valence-corrected chi connectivity index (χ3v) is 4.02. The van der Waals surface area contributed by atoms with Gasteiger partial charge in [-0.1, -0.05) is 0 Å². The molecule has 0 spiro atoms. The highest BCUT2D eigenvalue weighted by Gasteiger charge is 2.17. The lowest BCUT2D eigenvalue weighted by molar-refractivity contribution is -0.633. The summed E-state index contributed by atoms with van der Waals surface area (Å²) < 4.78 is 2.17. The maximum Gasteiger partial charge on any atom is 0.287 e. The van der Waals surface area contributed by atoms with Crippen molar-refractivity contribution in [2.24, 2.45) is 7.05 Å². The molecule has 1 aromatic carbocycles. The number of nitrogens with one attached hydrogen (secondary N) is 1. The van der Waals surface area contributed by atoms with Crippen molar-refractivity contribution in [1.29, 1.82) is 0 Å². The summed E-state index contributed by atoms with van der Waals surface area (Å²) >= 11 is 0. The second kappa shape index (κ2) is 5.56. The highest BCUT2D eigenvalue weighted by molar-refractivity contribution is 5.73. The molecule has 2 heterocycles. The smallest absolute Gasteiger partial charge is 0.287 e. The Bertz CT molecular complexity index is 739. The molecule has 3 aromatic rings. The monoisotopic (exact) mass is 281 g/mol. The van der Waals surface area contributed by atoms with Crippen LogP contribution >= 0.6 is 0 Å². The van der Waals surface area contributed by atoms with E-state index < -0.39 is 0 Å². The van der Waals surface area contributed by atoms with Crippen LogP contribution in [0.25, 0.3) is 22.4 Å². The lowest BCUT2D eigenvalue weighted by atomic mass is 10.2. The summed E-state index contributed by atoms with van der Waals surface area (Å²) in [7, 11) is 2.08. The van der Waals surface area contributed by atoms with Crippen molar-refractivity contribution >= 4 is 16.7 Å². The first-order valence-corrected chi connectivity index (χ1v) is 7.41. The maximum absolute atomic E-state index is 4.17. The zero-order valence-corrected chi connectivity index (χ0v) is 12.8. The summed E-state index contributed by atoms with van der Waals surface area (Å²) in [6, 6.07) is 10.7. The number of nitrogens with zero attached hydrogens (tertiary/aromatic N) is 3. The van der Waals surface area contributed by atoms with E-state index in [4.69, 9.17) is 0 Å². The molecule has 2 aromatic heterocycles. The Hall–Kier alpha value is -2.36. The summed E-state index contributed by atoms with van der Waals surface area (Å²) in [5, 5.41) is 0. The van der Waals surface area contributed by atoms with Crippen LogP contribution in [-0.4, -0.2) is 23.1 Å². The van der Waals surface area contributed by atoms with Gasteiger partial charge in [-0.25, -0.2) is 9.55 Å². The Kier molecular flexibility index (Phi) is 3.60. The zero-order chi connectivity index (χ0) is 14.8. The number of aryl methyl sites for hydroxylation is 1. The van der Waals surface area contributed by atoms with Crippen molar-refractivity contribution in [3.8, 4) is 11.4 Å². The van der Waals surface area contributed by atoms with Gasteiger partial charge in [0.1, 0.15) is 0 Å². The fourth-order valence-corrected chi connectivity index (χ4v) is 2.79. The van der Waals surface area contributed by atoms with Crippen LogP contribution in [0.2, 0.25) is 0 Å². The third kappa shape index (κ3) is 2.37. The lowest BCUT2D eigenvalue weighted by Crippen LogP contribution is -2.29. The van der Waals surface area contributed by atoms with Crippen molar-refractivity contribution < 1.29 is 4.57 Å². The molecule has 0 bridgehead atoms. The fourth-order valence-electron chi connectivity index (χ4n) is 2.79. The Labute approximate surface area is 125 Å². The molecule has 108 valence electrons. The minimum atomic E-state index is 1.03. The zero-order valence-electron chi connectivity index (χ0n) is 12.8. The topological polar surface area (TPSA) is 35.8 Å². The molecular weight excluding hydrogens is 260 g/mol. The molecule has 0 unspecified atom stereocenters. The first-order chi connectivity index (χ1) is 10.2. The number of anilines is 1. The minimum absolute atomic E-state index is 1.03. The van der Waals surface area contributed by atoms with Crippen LogP contribution in [0.1, 0.15) is 13.8 Å². The highest BCUT2D eigenvalue weighted by atomic mass is 15.1. The summed E-state index contributed by atoms with van der Waals surface area (Å²) in [6.45, 7) is 6.42. The molecule has 3 rings (SSSR count). The molecule has 1 N–H and O–H groups in total. The van der Waals surface area contributed by atoms with Gasteiger partial charge >= 0.3 is 0 Å². The van der Waals surface area contributed by atoms with Crippen LogP contribution in [0.3, 0.4) is 0 Å². The van der Waals surface area contributed by atoms with Crippen molar-refractivity contribution in [3.05, 3.63) is 42.7 Å². The van der Waals surface area contributed by atoms with Gasteiger partial charge in [-0.2, -0.15) is 0 Å². The first kappa shape index (κ1) is 13.6. The van der Waals surface area contributed by atoms with E-state index in [9.17, 15) is 0 Å². The SMILES string of the molecule is CCN(CC)c1ccc(-c2[nH]c3cnccc3[n+]2C)cc1. The number of hydrogen-bond acceptors (Lipinski definition) is 2. The summed E-state index contributed by atoms with van der Waals surface area (Å²) in [4.78, 5) is 9.96. The van der Waals surface area contributed by atoms with E-state index in [1.165, 1.54) is 11.3 Å². The number of aromatic nitrogens is 3. The van der Waals surface area contributed by atoms with Gasteiger partial charge < -0.3 is 4.90 Å². The lowest BCUT2D eigenvalue weighted by Gasteiger charge is -2.20. The van der Waals surface area contributed by atoms with Crippen LogP contribution in [-0.2, 0) is 7.05 Å². The Morgan fingerprint density at radius 2 is 1.81 bits per heavy atom. The Balaban J connectivity index is 2.01. The average molecular weight is 281 g/mol. The van der Waals surface area contributed by atoms with Crippen molar-refractivity contribution in [2.75, 3.05) is 18.0 Å². The number of imidazole rings is 1. The van der Waals surface area contributed by atoms with Gasteiger partial charge in [0.2, 0.25) is 0 Å². The van der Waals surface area contributed by atoms with Gasteiger partial charge in [0.25, 0.3) is 5.82 Å². The van der Waals surface area contributed by atoms with E-state index in [1.54, 1.807) is 0 Å². The van der Waals surface area contributed by atoms with Crippen LogP contribution < -0.4 is 9.47 Å². The van der Waals surface area contributed by atoms with Crippen molar-refractivity contribution in [3.63, 3.8) is 0 Å². The number of rotatable bonds is 4. The van der Waals surface area contributed by atoms with E-state index >= 15 is 0 Å². The van der Waals surface area contributed by atoms with Gasteiger partial charge in [-0.3, -0.25) is 4.98 Å². The number of aromatic amines is 1. The largest absolute Gasteiger partial charge is 0.372 e. The normalized spacial score (nSPS) is 11.0. The van der Waals surface area contributed by atoms with Crippen LogP contribution in [0, 0.1) is 0 Å². The molecule has 0 aliphatic heterocycles. The van der Waals surface area contributed by atoms with E-state index in [0.29, 0.717) is 0 Å².